The Morgan fingerprint density at radius 1 is 1.10 bits per heavy atom. The summed E-state index contributed by atoms with van der Waals surface area (Å²) in [4.78, 5) is 20.7. The highest BCUT2D eigenvalue weighted by molar-refractivity contribution is 5.82. The monoisotopic (exact) mass is 390 g/mol. The van der Waals surface area contributed by atoms with Crippen LogP contribution in [0.15, 0.2) is 41.2 Å². The van der Waals surface area contributed by atoms with Gasteiger partial charge in [0.25, 0.3) is 5.56 Å². The highest BCUT2D eigenvalue weighted by Gasteiger charge is 2.19. The van der Waals surface area contributed by atoms with Crippen LogP contribution in [0.1, 0.15) is 48.8 Å². The molecule has 1 aromatic carbocycles. The first kappa shape index (κ1) is 18.5. The number of H-pyrrole nitrogens is 1. The molecule has 29 heavy (non-hydrogen) atoms. The SMILES string of the molecule is O=c1[nH]c(-c2nc3ccccc3cc2COC2CCCCO2)cc2c1CCCC2. The minimum atomic E-state index is -0.161. The van der Waals surface area contributed by atoms with Crippen molar-refractivity contribution in [1.29, 1.82) is 0 Å². The zero-order chi connectivity index (χ0) is 19.6. The van der Waals surface area contributed by atoms with Crippen molar-refractivity contribution in [3.8, 4) is 11.4 Å². The van der Waals surface area contributed by atoms with E-state index < -0.39 is 0 Å². The van der Waals surface area contributed by atoms with Crippen LogP contribution in [0.5, 0.6) is 0 Å². The summed E-state index contributed by atoms with van der Waals surface area (Å²) in [7, 11) is 0. The standard InChI is InChI=1S/C24H26N2O3/c27-24-19-9-3-1-7-16(19)14-21(26-24)23-18(15-29-22-11-5-6-12-28-22)13-17-8-2-4-10-20(17)25-23/h2,4,8,10,13-14,22H,1,3,5-7,9,11-12,15H2,(H,26,27). The van der Waals surface area contributed by atoms with E-state index in [1.165, 1.54) is 0 Å². The van der Waals surface area contributed by atoms with Crippen molar-refractivity contribution in [3.63, 3.8) is 0 Å². The largest absolute Gasteiger partial charge is 0.353 e. The number of ether oxygens (including phenoxy) is 2. The van der Waals surface area contributed by atoms with Gasteiger partial charge in [-0.3, -0.25) is 4.79 Å². The number of hydrogen-bond donors (Lipinski definition) is 1. The van der Waals surface area contributed by atoms with E-state index in [9.17, 15) is 4.79 Å². The Labute approximate surface area is 170 Å². The van der Waals surface area contributed by atoms with E-state index in [-0.39, 0.29) is 11.8 Å². The van der Waals surface area contributed by atoms with Gasteiger partial charge in [-0.1, -0.05) is 18.2 Å². The van der Waals surface area contributed by atoms with Gasteiger partial charge in [-0.2, -0.15) is 0 Å². The maximum Gasteiger partial charge on any atom is 0.251 e. The molecule has 150 valence electrons. The zero-order valence-electron chi connectivity index (χ0n) is 16.6. The minimum absolute atomic E-state index is 0.0228. The highest BCUT2D eigenvalue weighted by atomic mass is 16.7. The number of aromatic nitrogens is 2. The summed E-state index contributed by atoms with van der Waals surface area (Å²) in [5.41, 5.74) is 5.59. The molecule has 3 heterocycles. The molecule has 0 amide bonds. The van der Waals surface area contributed by atoms with Crippen LogP contribution in [-0.2, 0) is 28.9 Å². The summed E-state index contributed by atoms with van der Waals surface area (Å²) in [5.74, 6) is 0. The molecule has 0 radical (unpaired) electrons. The van der Waals surface area contributed by atoms with Crippen LogP contribution >= 0.6 is 0 Å². The molecule has 0 bridgehead atoms. The fraction of sp³-hybridized carbons (Fsp3) is 0.417. The van der Waals surface area contributed by atoms with Gasteiger partial charge in [0.2, 0.25) is 0 Å². The van der Waals surface area contributed by atoms with E-state index >= 15 is 0 Å². The molecule has 1 aliphatic carbocycles. The Morgan fingerprint density at radius 3 is 2.90 bits per heavy atom. The summed E-state index contributed by atoms with van der Waals surface area (Å²) in [6, 6.07) is 12.3. The highest BCUT2D eigenvalue weighted by Crippen LogP contribution is 2.28. The van der Waals surface area contributed by atoms with Crippen LogP contribution < -0.4 is 5.56 Å². The molecule has 1 N–H and O–H groups in total. The Morgan fingerprint density at radius 2 is 2.00 bits per heavy atom. The first-order valence-corrected chi connectivity index (χ1v) is 10.7. The molecule has 5 nitrogen and oxygen atoms in total. The number of rotatable bonds is 4. The van der Waals surface area contributed by atoms with Crippen molar-refractivity contribution in [2.75, 3.05) is 6.61 Å². The van der Waals surface area contributed by atoms with Gasteiger partial charge in [0, 0.05) is 23.1 Å². The molecular weight excluding hydrogens is 364 g/mol. The van der Waals surface area contributed by atoms with Crippen molar-refractivity contribution in [2.24, 2.45) is 0 Å². The van der Waals surface area contributed by atoms with Crippen molar-refractivity contribution >= 4 is 10.9 Å². The second-order valence-corrected chi connectivity index (χ2v) is 8.02. The average Bonchev–Trinajstić information content (AvgIpc) is 2.78. The van der Waals surface area contributed by atoms with Crippen molar-refractivity contribution in [3.05, 3.63) is 63.4 Å². The summed E-state index contributed by atoms with van der Waals surface area (Å²) in [6.07, 6.45) is 7.04. The number of nitrogens with one attached hydrogen (secondary N) is 1. The van der Waals surface area contributed by atoms with Gasteiger partial charge in [0.1, 0.15) is 0 Å². The van der Waals surface area contributed by atoms with Crippen LogP contribution in [-0.4, -0.2) is 22.9 Å². The Kier molecular flexibility index (Phi) is 5.17. The van der Waals surface area contributed by atoms with Crippen molar-refractivity contribution in [1.82, 2.24) is 9.97 Å². The Bertz CT molecular complexity index is 1080. The lowest BCUT2D eigenvalue weighted by atomic mass is 9.92. The molecule has 5 rings (SSSR count). The number of nitrogens with zero attached hydrogens (tertiary/aromatic N) is 1. The van der Waals surface area contributed by atoms with Crippen LogP contribution in [0.25, 0.3) is 22.3 Å². The quantitative estimate of drug-likeness (QED) is 0.712. The number of pyridine rings is 2. The smallest absolute Gasteiger partial charge is 0.251 e. The third-order valence-electron chi connectivity index (χ3n) is 5.97. The van der Waals surface area contributed by atoms with Gasteiger partial charge in [-0.25, -0.2) is 4.98 Å². The van der Waals surface area contributed by atoms with Gasteiger partial charge >= 0.3 is 0 Å². The third kappa shape index (κ3) is 3.85. The van der Waals surface area contributed by atoms with E-state index in [1.807, 2.05) is 18.2 Å². The van der Waals surface area contributed by atoms with Crippen LogP contribution in [0, 0.1) is 0 Å². The molecule has 2 aliphatic rings. The average molecular weight is 390 g/mol. The Balaban J connectivity index is 1.56. The Hall–Kier alpha value is -2.50. The maximum atomic E-state index is 12.7. The number of aromatic amines is 1. The van der Waals surface area contributed by atoms with E-state index in [0.29, 0.717) is 6.61 Å². The topological polar surface area (TPSA) is 64.2 Å². The lowest BCUT2D eigenvalue weighted by Crippen LogP contribution is -2.22. The van der Waals surface area contributed by atoms with Gasteiger partial charge in [-0.05, 0) is 68.7 Å². The van der Waals surface area contributed by atoms with Gasteiger partial charge in [-0.15, -0.1) is 0 Å². The third-order valence-corrected chi connectivity index (χ3v) is 5.97. The summed E-state index contributed by atoms with van der Waals surface area (Å²) >= 11 is 0. The molecule has 0 saturated carbocycles. The van der Waals surface area contributed by atoms with Gasteiger partial charge < -0.3 is 14.5 Å². The summed E-state index contributed by atoms with van der Waals surface area (Å²) < 4.78 is 11.8. The van der Waals surface area contributed by atoms with Crippen LogP contribution in [0.4, 0.5) is 0 Å². The first-order valence-electron chi connectivity index (χ1n) is 10.7. The van der Waals surface area contributed by atoms with Gasteiger partial charge in [0.05, 0.1) is 23.5 Å². The fourth-order valence-electron chi connectivity index (χ4n) is 4.41. The van der Waals surface area contributed by atoms with E-state index in [2.05, 4.69) is 23.2 Å². The van der Waals surface area contributed by atoms with E-state index in [0.717, 1.165) is 90.5 Å². The molecule has 1 fully saturated rings. The second-order valence-electron chi connectivity index (χ2n) is 8.02. The summed E-state index contributed by atoms with van der Waals surface area (Å²) in [5, 5.41) is 1.07. The van der Waals surface area contributed by atoms with Crippen LogP contribution in [0.2, 0.25) is 0 Å². The predicted molar refractivity (Wildman–Crippen MR) is 113 cm³/mol. The summed E-state index contributed by atoms with van der Waals surface area (Å²) in [6.45, 7) is 1.17. The van der Waals surface area contributed by atoms with Gasteiger partial charge in [0.15, 0.2) is 6.29 Å². The molecular formula is C24H26N2O3. The van der Waals surface area contributed by atoms with Crippen LogP contribution in [0.3, 0.4) is 0 Å². The molecule has 0 spiro atoms. The number of benzene rings is 1. The molecule has 3 aromatic rings. The number of hydrogen-bond acceptors (Lipinski definition) is 4. The van der Waals surface area contributed by atoms with Crippen molar-refractivity contribution < 1.29 is 9.47 Å². The molecule has 5 heteroatoms. The lowest BCUT2D eigenvalue weighted by Gasteiger charge is -2.23. The maximum absolute atomic E-state index is 12.7. The fourth-order valence-corrected chi connectivity index (χ4v) is 4.41. The number of para-hydroxylation sites is 1. The molecule has 1 atom stereocenters. The van der Waals surface area contributed by atoms with Crippen molar-refractivity contribution in [2.45, 2.75) is 57.8 Å². The van der Waals surface area contributed by atoms with E-state index in [4.69, 9.17) is 14.5 Å². The molecule has 1 unspecified atom stereocenters. The number of aryl methyl sites for hydroxylation is 1. The first-order chi connectivity index (χ1) is 14.3. The molecule has 2 aromatic heterocycles. The predicted octanol–water partition coefficient (Wildman–Crippen LogP) is 4.51. The molecule has 1 aliphatic heterocycles. The zero-order valence-corrected chi connectivity index (χ0v) is 16.6. The normalized spacial score (nSPS) is 19.2. The minimum Gasteiger partial charge on any atom is -0.353 e. The molecule has 1 saturated heterocycles. The van der Waals surface area contributed by atoms with E-state index in [1.54, 1.807) is 0 Å². The number of fused-ring (bicyclic) bond motifs is 2. The second kappa shape index (κ2) is 8.09. The lowest BCUT2D eigenvalue weighted by molar-refractivity contribution is -0.168.